The van der Waals surface area contributed by atoms with Crippen LogP contribution in [-0.4, -0.2) is 17.0 Å². The van der Waals surface area contributed by atoms with Crippen molar-refractivity contribution in [3.8, 4) is 0 Å². The van der Waals surface area contributed by atoms with Gasteiger partial charge in [0, 0.05) is 23.5 Å². The summed E-state index contributed by atoms with van der Waals surface area (Å²) in [4.78, 5) is 12.1. The maximum atomic E-state index is 12.1. The molecule has 3 rings (SSSR count). The van der Waals surface area contributed by atoms with Crippen LogP contribution in [0.2, 0.25) is 0 Å². The van der Waals surface area contributed by atoms with Crippen LogP contribution in [0.4, 0.5) is 0 Å². The maximum absolute atomic E-state index is 12.1. The number of rotatable bonds is 3. The van der Waals surface area contributed by atoms with Gasteiger partial charge in [0.2, 0.25) is 0 Å². The summed E-state index contributed by atoms with van der Waals surface area (Å²) in [6.07, 6.45) is 2.50. The van der Waals surface area contributed by atoms with Gasteiger partial charge in [0.05, 0.1) is 5.52 Å². The molecule has 0 unspecified atom stereocenters. The lowest BCUT2D eigenvalue weighted by Gasteiger charge is -2.06. The number of aromatic nitrogens is 1. The summed E-state index contributed by atoms with van der Waals surface area (Å²) < 4.78 is 2.96. The molecular formula is C14H15BrN2O. The number of benzene rings is 1. The first kappa shape index (κ1) is 11.8. The summed E-state index contributed by atoms with van der Waals surface area (Å²) in [7, 11) is 1.93. The fourth-order valence-electron chi connectivity index (χ4n) is 2.23. The first-order valence-corrected chi connectivity index (χ1v) is 6.98. The number of hydrogen-bond acceptors (Lipinski definition) is 1. The second-order valence-corrected chi connectivity index (χ2v) is 5.77. The summed E-state index contributed by atoms with van der Waals surface area (Å²) in [6, 6.07) is 7.95. The number of amides is 1. The summed E-state index contributed by atoms with van der Waals surface area (Å²) in [5.41, 5.74) is 1.78. The predicted molar refractivity (Wildman–Crippen MR) is 75.7 cm³/mol. The Labute approximate surface area is 114 Å². The van der Waals surface area contributed by atoms with Gasteiger partial charge in [-0.3, -0.25) is 4.79 Å². The number of hydrogen-bond donors (Lipinski definition) is 1. The average Bonchev–Trinajstić information content (AvgIpc) is 3.11. The Morgan fingerprint density at radius 2 is 2.28 bits per heavy atom. The smallest absolute Gasteiger partial charge is 0.267 e. The third-order valence-corrected chi connectivity index (χ3v) is 4.13. The molecule has 0 atom stereocenters. The lowest BCUT2D eigenvalue weighted by Crippen LogP contribution is -2.27. The Bertz CT molecular complexity index is 614. The van der Waals surface area contributed by atoms with E-state index < -0.39 is 0 Å². The SMILES string of the molecule is Cn1c(C(=O)NCC2CC2)cc2cccc(Br)c21. The first-order chi connectivity index (χ1) is 8.66. The number of aryl methyl sites for hydroxylation is 1. The van der Waals surface area contributed by atoms with Crippen LogP contribution < -0.4 is 5.32 Å². The van der Waals surface area contributed by atoms with Crippen LogP contribution in [-0.2, 0) is 7.05 Å². The van der Waals surface area contributed by atoms with Gasteiger partial charge in [0.15, 0.2) is 0 Å². The summed E-state index contributed by atoms with van der Waals surface area (Å²) in [6.45, 7) is 0.807. The number of carbonyl (C=O) groups excluding carboxylic acids is 1. The molecule has 1 aromatic carbocycles. The van der Waals surface area contributed by atoms with Crippen LogP contribution in [0.15, 0.2) is 28.7 Å². The van der Waals surface area contributed by atoms with Gasteiger partial charge in [-0.05, 0) is 46.8 Å². The van der Waals surface area contributed by atoms with E-state index in [4.69, 9.17) is 0 Å². The third kappa shape index (κ3) is 2.05. The minimum atomic E-state index is 0.0208. The van der Waals surface area contributed by atoms with E-state index in [2.05, 4.69) is 21.2 Å². The van der Waals surface area contributed by atoms with E-state index in [0.717, 1.165) is 27.6 Å². The number of fused-ring (bicyclic) bond motifs is 1. The minimum Gasteiger partial charge on any atom is -0.350 e. The molecule has 4 heteroatoms. The Kier molecular flexibility index (Phi) is 2.90. The Morgan fingerprint density at radius 3 is 2.94 bits per heavy atom. The van der Waals surface area contributed by atoms with Crippen LogP contribution >= 0.6 is 15.9 Å². The van der Waals surface area contributed by atoms with Gasteiger partial charge in [-0.15, -0.1) is 0 Å². The number of halogens is 1. The molecule has 1 aliphatic rings. The molecule has 0 saturated heterocycles. The van der Waals surface area contributed by atoms with E-state index in [1.54, 1.807) is 0 Å². The molecule has 1 heterocycles. The van der Waals surface area contributed by atoms with Crippen LogP contribution in [0, 0.1) is 5.92 Å². The van der Waals surface area contributed by atoms with Crippen LogP contribution in [0.3, 0.4) is 0 Å². The molecule has 1 amide bonds. The van der Waals surface area contributed by atoms with Crippen molar-refractivity contribution in [3.05, 3.63) is 34.4 Å². The Morgan fingerprint density at radius 1 is 1.50 bits per heavy atom. The zero-order chi connectivity index (χ0) is 12.7. The molecular weight excluding hydrogens is 292 g/mol. The molecule has 94 valence electrons. The van der Waals surface area contributed by atoms with E-state index in [0.29, 0.717) is 5.92 Å². The molecule has 1 aromatic heterocycles. The van der Waals surface area contributed by atoms with Crippen molar-refractivity contribution in [3.63, 3.8) is 0 Å². The molecule has 18 heavy (non-hydrogen) atoms. The molecule has 0 aliphatic heterocycles. The van der Waals surface area contributed by atoms with Gasteiger partial charge in [-0.2, -0.15) is 0 Å². The van der Waals surface area contributed by atoms with E-state index in [1.807, 2.05) is 35.9 Å². The molecule has 0 radical (unpaired) electrons. The van der Waals surface area contributed by atoms with Crippen molar-refractivity contribution in [1.82, 2.24) is 9.88 Å². The molecule has 1 saturated carbocycles. The van der Waals surface area contributed by atoms with Gasteiger partial charge in [-0.25, -0.2) is 0 Å². The molecule has 3 nitrogen and oxygen atoms in total. The van der Waals surface area contributed by atoms with Crippen molar-refractivity contribution in [1.29, 1.82) is 0 Å². The fourth-order valence-corrected chi connectivity index (χ4v) is 2.88. The van der Waals surface area contributed by atoms with Gasteiger partial charge < -0.3 is 9.88 Å². The van der Waals surface area contributed by atoms with Crippen molar-refractivity contribution < 1.29 is 4.79 Å². The number of nitrogens with zero attached hydrogens (tertiary/aromatic N) is 1. The van der Waals surface area contributed by atoms with Gasteiger partial charge in [-0.1, -0.05) is 12.1 Å². The average molecular weight is 307 g/mol. The number of carbonyl (C=O) groups is 1. The molecule has 0 spiro atoms. The molecule has 0 bridgehead atoms. The van der Waals surface area contributed by atoms with Crippen LogP contribution in [0.1, 0.15) is 23.3 Å². The van der Waals surface area contributed by atoms with Crippen molar-refractivity contribution >= 4 is 32.7 Å². The second-order valence-electron chi connectivity index (χ2n) is 4.92. The Balaban J connectivity index is 1.93. The number of nitrogens with one attached hydrogen (secondary N) is 1. The normalized spacial score (nSPS) is 15.0. The molecule has 1 fully saturated rings. The van der Waals surface area contributed by atoms with Gasteiger partial charge in [0.1, 0.15) is 5.69 Å². The lowest BCUT2D eigenvalue weighted by molar-refractivity contribution is 0.0944. The lowest BCUT2D eigenvalue weighted by atomic mass is 10.2. The van der Waals surface area contributed by atoms with E-state index >= 15 is 0 Å². The highest BCUT2D eigenvalue weighted by Gasteiger charge is 2.22. The van der Waals surface area contributed by atoms with Crippen molar-refractivity contribution in [2.75, 3.05) is 6.54 Å². The largest absolute Gasteiger partial charge is 0.350 e. The topological polar surface area (TPSA) is 34.0 Å². The molecule has 2 aromatic rings. The van der Waals surface area contributed by atoms with Crippen LogP contribution in [0.25, 0.3) is 10.9 Å². The van der Waals surface area contributed by atoms with Gasteiger partial charge >= 0.3 is 0 Å². The summed E-state index contributed by atoms with van der Waals surface area (Å²) in [5.74, 6) is 0.725. The highest BCUT2D eigenvalue weighted by atomic mass is 79.9. The summed E-state index contributed by atoms with van der Waals surface area (Å²) in [5, 5.41) is 4.09. The monoisotopic (exact) mass is 306 g/mol. The van der Waals surface area contributed by atoms with E-state index in [1.165, 1.54) is 12.8 Å². The maximum Gasteiger partial charge on any atom is 0.267 e. The first-order valence-electron chi connectivity index (χ1n) is 6.19. The second kappa shape index (κ2) is 4.43. The third-order valence-electron chi connectivity index (χ3n) is 3.49. The standard InChI is InChI=1S/C14H15BrN2O/c1-17-12(14(18)16-8-9-5-6-9)7-10-3-2-4-11(15)13(10)17/h2-4,7,9H,5-6,8H2,1H3,(H,16,18). The molecule has 1 N–H and O–H groups in total. The highest BCUT2D eigenvalue weighted by Crippen LogP contribution is 2.28. The minimum absolute atomic E-state index is 0.0208. The predicted octanol–water partition coefficient (Wildman–Crippen LogP) is 3.08. The van der Waals surface area contributed by atoms with Crippen molar-refractivity contribution in [2.45, 2.75) is 12.8 Å². The van der Waals surface area contributed by atoms with Gasteiger partial charge in [0.25, 0.3) is 5.91 Å². The quantitative estimate of drug-likeness (QED) is 0.929. The van der Waals surface area contributed by atoms with Crippen LogP contribution in [0.5, 0.6) is 0 Å². The zero-order valence-electron chi connectivity index (χ0n) is 10.2. The Hall–Kier alpha value is -1.29. The zero-order valence-corrected chi connectivity index (χ0v) is 11.8. The summed E-state index contributed by atoms with van der Waals surface area (Å²) >= 11 is 3.53. The van der Waals surface area contributed by atoms with E-state index in [9.17, 15) is 4.79 Å². The van der Waals surface area contributed by atoms with E-state index in [-0.39, 0.29) is 5.91 Å². The van der Waals surface area contributed by atoms with Crippen molar-refractivity contribution in [2.24, 2.45) is 13.0 Å². The number of para-hydroxylation sites is 1. The highest BCUT2D eigenvalue weighted by molar-refractivity contribution is 9.10. The molecule has 1 aliphatic carbocycles. The fraction of sp³-hybridized carbons (Fsp3) is 0.357.